The van der Waals surface area contributed by atoms with Crippen molar-refractivity contribution in [3.63, 3.8) is 0 Å². The lowest BCUT2D eigenvalue weighted by atomic mass is 9.95. The standard InChI is InChI=1S/C23H22N4O2S/c1-23(2,3)21(29)25-18-6-4-5-16(13-18)20(28)24-17-9-7-15(8-10-17)19-14-27-11-12-30-22(27)26-19/h4-14H,1-3H3,(H,24,28)(H,25,29). The number of imidazole rings is 1. The maximum Gasteiger partial charge on any atom is 0.255 e. The number of nitrogens with zero attached hydrogens (tertiary/aromatic N) is 2. The molecule has 0 atom stereocenters. The lowest BCUT2D eigenvalue weighted by Crippen LogP contribution is -2.27. The smallest absolute Gasteiger partial charge is 0.255 e. The van der Waals surface area contributed by atoms with Gasteiger partial charge in [-0.15, -0.1) is 11.3 Å². The summed E-state index contributed by atoms with van der Waals surface area (Å²) < 4.78 is 1.99. The molecule has 0 saturated heterocycles. The zero-order valence-electron chi connectivity index (χ0n) is 17.0. The first-order valence-corrected chi connectivity index (χ1v) is 10.4. The van der Waals surface area contributed by atoms with Crippen molar-refractivity contribution in [2.45, 2.75) is 20.8 Å². The Hall–Kier alpha value is -3.45. The van der Waals surface area contributed by atoms with Crippen LogP contribution in [0.2, 0.25) is 0 Å². The summed E-state index contributed by atoms with van der Waals surface area (Å²) in [7, 11) is 0. The Balaban J connectivity index is 1.45. The molecule has 0 aliphatic rings. The molecule has 6 nitrogen and oxygen atoms in total. The van der Waals surface area contributed by atoms with Gasteiger partial charge >= 0.3 is 0 Å². The normalized spacial score (nSPS) is 11.4. The van der Waals surface area contributed by atoms with Crippen LogP contribution in [0.25, 0.3) is 16.2 Å². The molecule has 30 heavy (non-hydrogen) atoms. The summed E-state index contributed by atoms with van der Waals surface area (Å²) >= 11 is 1.59. The minimum absolute atomic E-state index is 0.102. The second-order valence-electron chi connectivity index (χ2n) is 8.04. The van der Waals surface area contributed by atoms with E-state index in [1.807, 2.05) is 67.2 Å². The Morgan fingerprint density at radius 1 is 1.00 bits per heavy atom. The molecule has 0 aliphatic carbocycles. The number of anilines is 2. The van der Waals surface area contributed by atoms with Gasteiger partial charge in [0.15, 0.2) is 4.96 Å². The fraction of sp³-hybridized carbons (Fsp3) is 0.174. The predicted molar refractivity (Wildman–Crippen MR) is 121 cm³/mol. The monoisotopic (exact) mass is 418 g/mol. The average molecular weight is 419 g/mol. The average Bonchev–Trinajstić information content (AvgIpc) is 3.30. The van der Waals surface area contributed by atoms with Crippen LogP contribution in [0.4, 0.5) is 11.4 Å². The van der Waals surface area contributed by atoms with Gasteiger partial charge in [-0.3, -0.25) is 14.0 Å². The highest BCUT2D eigenvalue weighted by Crippen LogP contribution is 2.24. The van der Waals surface area contributed by atoms with E-state index in [0.717, 1.165) is 16.2 Å². The molecular formula is C23H22N4O2S. The largest absolute Gasteiger partial charge is 0.326 e. The van der Waals surface area contributed by atoms with Crippen LogP contribution in [-0.2, 0) is 4.79 Å². The Bertz CT molecular complexity index is 1190. The minimum Gasteiger partial charge on any atom is -0.326 e. The SMILES string of the molecule is CC(C)(C)C(=O)Nc1cccc(C(=O)Nc2ccc(-c3cn4ccsc4n3)cc2)c1. The van der Waals surface area contributed by atoms with Gasteiger partial charge < -0.3 is 10.6 Å². The van der Waals surface area contributed by atoms with Gasteiger partial charge in [-0.05, 0) is 30.3 Å². The number of amides is 2. The predicted octanol–water partition coefficient (Wildman–Crippen LogP) is 5.30. The molecule has 2 aromatic heterocycles. The van der Waals surface area contributed by atoms with Crippen LogP contribution >= 0.6 is 11.3 Å². The molecule has 7 heteroatoms. The van der Waals surface area contributed by atoms with Crippen molar-refractivity contribution < 1.29 is 9.59 Å². The summed E-state index contributed by atoms with van der Waals surface area (Å²) in [4.78, 5) is 30.4. The van der Waals surface area contributed by atoms with Gasteiger partial charge in [0.2, 0.25) is 5.91 Å². The maximum atomic E-state index is 12.6. The van der Waals surface area contributed by atoms with Crippen LogP contribution in [0.3, 0.4) is 0 Å². The second-order valence-corrected chi connectivity index (χ2v) is 8.91. The van der Waals surface area contributed by atoms with Gasteiger partial charge in [0.05, 0.1) is 5.69 Å². The third-order valence-corrected chi connectivity index (χ3v) is 5.37. The summed E-state index contributed by atoms with van der Waals surface area (Å²) in [5, 5.41) is 7.74. The van der Waals surface area contributed by atoms with Crippen molar-refractivity contribution in [1.29, 1.82) is 0 Å². The number of thiazole rings is 1. The first kappa shape index (κ1) is 19.8. The molecule has 2 aromatic carbocycles. The Morgan fingerprint density at radius 3 is 2.47 bits per heavy atom. The number of carbonyl (C=O) groups excluding carboxylic acids is 2. The van der Waals surface area contributed by atoms with Crippen molar-refractivity contribution in [2.75, 3.05) is 10.6 Å². The van der Waals surface area contributed by atoms with E-state index in [1.54, 1.807) is 35.6 Å². The molecular weight excluding hydrogens is 396 g/mol. The minimum atomic E-state index is -0.510. The summed E-state index contributed by atoms with van der Waals surface area (Å²) in [5.41, 5.74) is 3.12. The molecule has 4 rings (SSSR count). The van der Waals surface area contributed by atoms with Crippen molar-refractivity contribution in [2.24, 2.45) is 5.41 Å². The number of fused-ring (bicyclic) bond motifs is 1. The van der Waals surface area contributed by atoms with Gasteiger partial charge in [0.25, 0.3) is 5.91 Å². The molecule has 0 unspecified atom stereocenters. The Morgan fingerprint density at radius 2 is 1.77 bits per heavy atom. The number of hydrogen-bond acceptors (Lipinski definition) is 4. The van der Waals surface area contributed by atoms with Crippen molar-refractivity contribution in [3.8, 4) is 11.3 Å². The van der Waals surface area contributed by atoms with Crippen molar-refractivity contribution in [1.82, 2.24) is 9.38 Å². The van der Waals surface area contributed by atoms with Gasteiger partial charge in [-0.2, -0.15) is 0 Å². The second kappa shape index (κ2) is 7.76. The number of carbonyl (C=O) groups is 2. The molecule has 2 N–H and O–H groups in total. The molecule has 0 bridgehead atoms. The first-order chi connectivity index (χ1) is 14.3. The van der Waals surface area contributed by atoms with E-state index in [4.69, 9.17) is 0 Å². The number of hydrogen-bond donors (Lipinski definition) is 2. The van der Waals surface area contributed by atoms with Crippen LogP contribution in [0.1, 0.15) is 31.1 Å². The Kier molecular flexibility index (Phi) is 5.13. The van der Waals surface area contributed by atoms with Crippen LogP contribution < -0.4 is 10.6 Å². The van der Waals surface area contributed by atoms with E-state index in [-0.39, 0.29) is 11.8 Å². The zero-order valence-corrected chi connectivity index (χ0v) is 17.8. The number of nitrogens with one attached hydrogen (secondary N) is 2. The molecule has 0 aliphatic heterocycles. The highest BCUT2D eigenvalue weighted by molar-refractivity contribution is 7.15. The lowest BCUT2D eigenvalue weighted by molar-refractivity contribution is -0.123. The van der Waals surface area contributed by atoms with E-state index in [2.05, 4.69) is 15.6 Å². The number of rotatable bonds is 4. The number of benzene rings is 2. The lowest BCUT2D eigenvalue weighted by Gasteiger charge is -2.18. The van der Waals surface area contributed by atoms with Crippen LogP contribution in [0, 0.1) is 5.41 Å². The van der Waals surface area contributed by atoms with E-state index in [1.165, 1.54) is 0 Å². The fourth-order valence-corrected chi connectivity index (χ4v) is 3.55. The molecule has 4 aromatic rings. The Labute approximate surface area is 178 Å². The molecule has 0 spiro atoms. The topological polar surface area (TPSA) is 75.5 Å². The van der Waals surface area contributed by atoms with Crippen LogP contribution in [-0.4, -0.2) is 21.2 Å². The number of aromatic nitrogens is 2. The maximum absolute atomic E-state index is 12.6. The molecule has 0 fully saturated rings. The van der Waals surface area contributed by atoms with E-state index in [0.29, 0.717) is 16.9 Å². The molecule has 0 radical (unpaired) electrons. The van der Waals surface area contributed by atoms with E-state index < -0.39 is 5.41 Å². The van der Waals surface area contributed by atoms with Gasteiger partial charge in [0, 0.05) is 45.7 Å². The van der Waals surface area contributed by atoms with Crippen molar-refractivity contribution in [3.05, 3.63) is 71.9 Å². The van der Waals surface area contributed by atoms with Gasteiger partial charge in [-0.1, -0.05) is 39.0 Å². The quantitative estimate of drug-likeness (QED) is 0.472. The highest BCUT2D eigenvalue weighted by atomic mass is 32.1. The van der Waals surface area contributed by atoms with E-state index in [9.17, 15) is 9.59 Å². The fourth-order valence-electron chi connectivity index (χ4n) is 2.85. The molecule has 0 saturated carbocycles. The first-order valence-electron chi connectivity index (χ1n) is 9.55. The third-order valence-electron chi connectivity index (χ3n) is 4.60. The molecule has 2 heterocycles. The summed E-state index contributed by atoms with van der Waals surface area (Å²) in [5.74, 6) is -0.341. The van der Waals surface area contributed by atoms with E-state index >= 15 is 0 Å². The zero-order chi connectivity index (χ0) is 21.3. The third kappa shape index (κ3) is 4.26. The van der Waals surface area contributed by atoms with Crippen molar-refractivity contribution >= 4 is 39.5 Å². The molecule has 2 amide bonds. The van der Waals surface area contributed by atoms with Gasteiger partial charge in [-0.25, -0.2) is 4.98 Å². The summed E-state index contributed by atoms with van der Waals surface area (Å²) in [6.07, 6.45) is 3.96. The van der Waals surface area contributed by atoms with Gasteiger partial charge in [0.1, 0.15) is 0 Å². The highest BCUT2D eigenvalue weighted by Gasteiger charge is 2.21. The summed E-state index contributed by atoms with van der Waals surface area (Å²) in [6, 6.07) is 14.5. The summed E-state index contributed by atoms with van der Waals surface area (Å²) in [6.45, 7) is 5.53. The molecule has 152 valence electrons. The van der Waals surface area contributed by atoms with Crippen LogP contribution in [0.15, 0.2) is 66.3 Å². The van der Waals surface area contributed by atoms with Crippen LogP contribution in [0.5, 0.6) is 0 Å².